The molecule has 5 heteroatoms. The van der Waals surface area contributed by atoms with Crippen molar-refractivity contribution in [2.75, 3.05) is 23.3 Å². The van der Waals surface area contributed by atoms with Crippen LogP contribution < -0.4 is 16.0 Å². The predicted molar refractivity (Wildman–Crippen MR) is 90.5 cm³/mol. The van der Waals surface area contributed by atoms with Gasteiger partial charge in [0.25, 0.3) is 0 Å². The zero-order valence-corrected chi connectivity index (χ0v) is 13.2. The van der Waals surface area contributed by atoms with Gasteiger partial charge in [-0.2, -0.15) is 0 Å². The van der Waals surface area contributed by atoms with Gasteiger partial charge in [0.2, 0.25) is 0 Å². The Balaban J connectivity index is 1.84. The highest BCUT2D eigenvalue weighted by Crippen LogP contribution is 2.29. The van der Waals surface area contributed by atoms with Crippen molar-refractivity contribution in [3.05, 3.63) is 42.2 Å². The van der Waals surface area contributed by atoms with Gasteiger partial charge in [-0.15, -0.1) is 0 Å². The van der Waals surface area contributed by atoms with E-state index in [1.165, 1.54) is 0 Å². The number of anilines is 3. The SMILES string of the molecule is Cc1nc(Nc2ccccc2)cc(N2CC(CN)CC2C)n1. The molecule has 1 aliphatic rings. The molecule has 2 unspecified atom stereocenters. The molecule has 1 fully saturated rings. The van der Waals surface area contributed by atoms with Crippen molar-refractivity contribution in [2.45, 2.75) is 26.3 Å². The van der Waals surface area contributed by atoms with Crippen LogP contribution in [0, 0.1) is 12.8 Å². The van der Waals surface area contributed by atoms with Crippen LogP contribution in [0.4, 0.5) is 17.3 Å². The van der Waals surface area contributed by atoms with Crippen molar-refractivity contribution < 1.29 is 0 Å². The minimum absolute atomic E-state index is 0.465. The zero-order valence-electron chi connectivity index (χ0n) is 13.2. The number of hydrogen-bond acceptors (Lipinski definition) is 5. The van der Waals surface area contributed by atoms with Gasteiger partial charge in [-0.3, -0.25) is 0 Å². The van der Waals surface area contributed by atoms with Crippen LogP contribution in [0.1, 0.15) is 19.2 Å². The minimum atomic E-state index is 0.465. The molecule has 0 amide bonds. The molecule has 0 radical (unpaired) electrons. The van der Waals surface area contributed by atoms with Crippen molar-refractivity contribution in [3.8, 4) is 0 Å². The summed E-state index contributed by atoms with van der Waals surface area (Å²) in [6, 6.07) is 12.6. The summed E-state index contributed by atoms with van der Waals surface area (Å²) in [5.41, 5.74) is 6.86. The molecule has 0 saturated carbocycles. The second kappa shape index (κ2) is 6.32. The zero-order chi connectivity index (χ0) is 15.5. The molecular formula is C17H23N5. The summed E-state index contributed by atoms with van der Waals surface area (Å²) in [6.45, 7) is 5.87. The maximum absolute atomic E-state index is 5.83. The van der Waals surface area contributed by atoms with E-state index in [0.717, 1.165) is 42.7 Å². The lowest BCUT2D eigenvalue weighted by molar-refractivity contribution is 0.579. The molecule has 1 aliphatic heterocycles. The first-order chi connectivity index (χ1) is 10.7. The number of aromatic nitrogens is 2. The fourth-order valence-electron chi connectivity index (χ4n) is 3.06. The molecule has 2 aromatic rings. The first kappa shape index (κ1) is 14.8. The predicted octanol–water partition coefficient (Wildman–Crippen LogP) is 2.70. The lowest BCUT2D eigenvalue weighted by Gasteiger charge is -2.23. The van der Waals surface area contributed by atoms with E-state index in [0.29, 0.717) is 12.0 Å². The van der Waals surface area contributed by atoms with E-state index < -0.39 is 0 Å². The largest absolute Gasteiger partial charge is 0.353 e. The Morgan fingerprint density at radius 3 is 2.73 bits per heavy atom. The third-order valence-corrected chi connectivity index (χ3v) is 4.16. The average molecular weight is 297 g/mol. The Labute approximate surface area is 131 Å². The van der Waals surface area contributed by atoms with E-state index in [1.54, 1.807) is 0 Å². The fraction of sp³-hybridized carbons (Fsp3) is 0.412. The molecule has 1 aromatic carbocycles. The topological polar surface area (TPSA) is 67.1 Å². The van der Waals surface area contributed by atoms with Gasteiger partial charge in [0.05, 0.1) is 0 Å². The molecule has 3 N–H and O–H groups in total. The Bertz CT molecular complexity index is 628. The molecule has 116 valence electrons. The number of benzene rings is 1. The molecule has 1 aromatic heterocycles. The van der Waals surface area contributed by atoms with Gasteiger partial charge in [0.15, 0.2) is 0 Å². The monoisotopic (exact) mass is 297 g/mol. The lowest BCUT2D eigenvalue weighted by Crippen LogP contribution is -2.28. The van der Waals surface area contributed by atoms with Crippen molar-refractivity contribution in [3.63, 3.8) is 0 Å². The molecule has 0 bridgehead atoms. The summed E-state index contributed by atoms with van der Waals surface area (Å²) in [4.78, 5) is 11.4. The number of para-hydroxylation sites is 1. The van der Waals surface area contributed by atoms with Gasteiger partial charge in [0, 0.05) is 24.3 Å². The minimum Gasteiger partial charge on any atom is -0.353 e. The van der Waals surface area contributed by atoms with E-state index in [1.807, 2.05) is 43.3 Å². The molecule has 2 heterocycles. The first-order valence-electron chi connectivity index (χ1n) is 7.80. The fourth-order valence-corrected chi connectivity index (χ4v) is 3.06. The number of nitrogens with one attached hydrogen (secondary N) is 1. The standard InChI is InChI=1S/C17H23N5/c1-12-8-14(10-18)11-22(12)17-9-16(19-13(2)20-17)21-15-6-4-3-5-7-15/h3-7,9,12,14H,8,10-11,18H2,1-2H3,(H,19,20,21). The van der Waals surface area contributed by atoms with E-state index >= 15 is 0 Å². The highest BCUT2D eigenvalue weighted by Gasteiger charge is 2.29. The molecule has 0 spiro atoms. The van der Waals surface area contributed by atoms with Gasteiger partial charge in [-0.1, -0.05) is 18.2 Å². The second-order valence-electron chi connectivity index (χ2n) is 5.99. The Morgan fingerprint density at radius 2 is 2.05 bits per heavy atom. The summed E-state index contributed by atoms with van der Waals surface area (Å²) < 4.78 is 0. The van der Waals surface area contributed by atoms with Crippen molar-refractivity contribution >= 4 is 17.3 Å². The number of rotatable bonds is 4. The smallest absolute Gasteiger partial charge is 0.136 e. The Morgan fingerprint density at radius 1 is 1.27 bits per heavy atom. The van der Waals surface area contributed by atoms with E-state index in [9.17, 15) is 0 Å². The van der Waals surface area contributed by atoms with Gasteiger partial charge < -0.3 is 16.0 Å². The third-order valence-electron chi connectivity index (χ3n) is 4.16. The van der Waals surface area contributed by atoms with Crippen molar-refractivity contribution in [1.82, 2.24) is 9.97 Å². The summed E-state index contributed by atoms with van der Waals surface area (Å²) in [5, 5.41) is 3.35. The van der Waals surface area contributed by atoms with E-state index in [2.05, 4.69) is 27.1 Å². The van der Waals surface area contributed by atoms with Crippen LogP contribution >= 0.6 is 0 Å². The molecule has 0 aliphatic carbocycles. The van der Waals surface area contributed by atoms with Crippen LogP contribution in [0.15, 0.2) is 36.4 Å². The Hall–Kier alpha value is -2.14. The summed E-state index contributed by atoms with van der Waals surface area (Å²) in [5.74, 6) is 3.14. The molecule has 1 saturated heterocycles. The van der Waals surface area contributed by atoms with Gasteiger partial charge in [0.1, 0.15) is 17.5 Å². The van der Waals surface area contributed by atoms with Crippen LogP contribution in [0.2, 0.25) is 0 Å². The molecular weight excluding hydrogens is 274 g/mol. The van der Waals surface area contributed by atoms with Gasteiger partial charge >= 0.3 is 0 Å². The van der Waals surface area contributed by atoms with Crippen molar-refractivity contribution in [2.24, 2.45) is 11.7 Å². The summed E-state index contributed by atoms with van der Waals surface area (Å²) in [7, 11) is 0. The van der Waals surface area contributed by atoms with Crippen LogP contribution in [0.5, 0.6) is 0 Å². The number of nitrogens with two attached hydrogens (primary N) is 1. The van der Waals surface area contributed by atoms with Gasteiger partial charge in [-0.25, -0.2) is 9.97 Å². The lowest BCUT2D eigenvalue weighted by atomic mass is 10.1. The summed E-state index contributed by atoms with van der Waals surface area (Å²) >= 11 is 0. The van der Waals surface area contributed by atoms with Crippen LogP contribution in [0.3, 0.4) is 0 Å². The normalized spacial score (nSPS) is 21.1. The van der Waals surface area contributed by atoms with Crippen LogP contribution in [-0.2, 0) is 0 Å². The maximum Gasteiger partial charge on any atom is 0.136 e. The Kier molecular flexibility index (Phi) is 4.24. The highest BCUT2D eigenvalue weighted by atomic mass is 15.2. The average Bonchev–Trinajstić information content (AvgIpc) is 2.89. The number of aryl methyl sites for hydroxylation is 1. The molecule has 22 heavy (non-hydrogen) atoms. The number of hydrogen-bond donors (Lipinski definition) is 2. The second-order valence-corrected chi connectivity index (χ2v) is 5.99. The van der Waals surface area contributed by atoms with E-state index in [-0.39, 0.29) is 0 Å². The van der Waals surface area contributed by atoms with Crippen molar-refractivity contribution in [1.29, 1.82) is 0 Å². The molecule has 2 atom stereocenters. The highest BCUT2D eigenvalue weighted by molar-refractivity contribution is 5.60. The van der Waals surface area contributed by atoms with Crippen LogP contribution in [0.25, 0.3) is 0 Å². The summed E-state index contributed by atoms with van der Waals surface area (Å²) in [6.07, 6.45) is 1.13. The maximum atomic E-state index is 5.83. The van der Waals surface area contributed by atoms with E-state index in [4.69, 9.17) is 5.73 Å². The number of nitrogens with zero attached hydrogens (tertiary/aromatic N) is 3. The first-order valence-corrected chi connectivity index (χ1v) is 7.80. The molecule has 3 rings (SSSR count). The van der Waals surface area contributed by atoms with Gasteiger partial charge in [-0.05, 0) is 44.9 Å². The molecule has 5 nitrogen and oxygen atoms in total. The van der Waals surface area contributed by atoms with Crippen LogP contribution in [-0.4, -0.2) is 29.1 Å². The quantitative estimate of drug-likeness (QED) is 0.908. The third kappa shape index (κ3) is 3.20.